The van der Waals surface area contributed by atoms with Gasteiger partial charge in [0.05, 0.1) is 11.7 Å². The molecule has 0 fully saturated rings. The van der Waals surface area contributed by atoms with Crippen molar-refractivity contribution in [2.75, 3.05) is 7.05 Å². The minimum absolute atomic E-state index is 0.235. The lowest BCUT2D eigenvalue weighted by Gasteiger charge is -2.13. The predicted molar refractivity (Wildman–Crippen MR) is 67.7 cm³/mol. The van der Waals surface area contributed by atoms with E-state index in [0.717, 1.165) is 12.1 Å². The average Bonchev–Trinajstić information content (AvgIpc) is 2.68. The van der Waals surface area contributed by atoms with Crippen LogP contribution in [0.5, 0.6) is 0 Å². The van der Waals surface area contributed by atoms with Crippen LogP contribution in [0.25, 0.3) is 0 Å². The van der Waals surface area contributed by atoms with E-state index >= 15 is 0 Å². The summed E-state index contributed by atoms with van der Waals surface area (Å²) in [6.45, 7) is 2.06. The van der Waals surface area contributed by atoms with Crippen molar-refractivity contribution in [1.29, 1.82) is 0 Å². The summed E-state index contributed by atoms with van der Waals surface area (Å²) in [5, 5.41) is 7.82. The van der Waals surface area contributed by atoms with Crippen molar-refractivity contribution >= 4 is 0 Å². The second kappa shape index (κ2) is 5.10. The summed E-state index contributed by atoms with van der Waals surface area (Å²) in [4.78, 5) is 4.14. The van der Waals surface area contributed by atoms with Crippen LogP contribution in [0.15, 0.2) is 30.6 Å². The van der Waals surface area contributed by atoms with Crippen LogP contribution in [0.2, 0.25) is 0 Å². The van der Waals surface area contributed by atoms with Gasteiger partial charge in [0.15, 0.2) is 0 Å². The topological polar surface area (TPSA) is 42.7 Å². The maximum Gasteiger partial charge on any atom is 0.0799 e. The summed E-state index contributed by atoms with van der Waals surface area (Å²) in [7, 11) is 3.93. The van der Waals surface area contributed by atoms with Crippen molar-refractivity contribution in [1.82, 2.24) is 20.1 Å². The van der Waals surface area contributed by atoms with Crippen LogP contribution in [0.3, 0.4) is 0 Å². The average molecular weight is 230 g/mol. The molecule has 4 heteroatoms. The van der Waals surface area contributed by atoms with Crippen LogP contribution in [0.4, 0.5) is 0 Å². The maximum atomic E-state index is 4.51. The lowest BCUT2D eigenvalue weighted by atomic mass is 10.1. The van der Waals surface area contributed by atoms with Crippen molar-refractivity contribution in [3.63, 3.8) is 0 Å². The Balaban J connectivity index is 2.17. The highest BCUT2D eigenvalue weighted by atomic mass is 15.3. The molecule has 17 heavy (non-hydrogen) atoms. The Morgan fingerprint density at radius 3 is 2.82 bits per heavy atom. The van der Waals surface area contributed by atoms with Gasteiger partial charge in [0, 0.05) is 25.1 Å². The summed E-state index contributed by atoms with van der Waals surface area (Å²) in [5.74, 6) is 0. The molecule has 2 aromatic heterocycles. The fourth-order valence-electron chi connectivity index (χ4n) is 1.87. The van der Waals surface area contributed by atoms with Gasteiger partial charge in [0.25, 0.3) is 0 Å². The third-order valence-electron chi connectivity index (χ3n) is 3.00. The number of nitrogens with zero attached hydrogens (tertiary/aromatic N) is 3. The number of hydrogen-bond acceptors (Lipinski definition) is 3. The largest absolute Gasteiger partial charge is 0.311 e. The van der Waals surface area contributed by atoms with Crippen molar-refractivity contribution < 1.29 is 0 Å². The molecule has 0 aromatic carbocycles. The van der Waals surface area contributed by atoms with Gasteiger partial charge in [-0.2, -0.15) is 5.10 Å². The second-order valence-corrected chi connectivity index (χ2v) is 4.24. The molecule has 0 aliphatic carbocycles. The Bertz CT molecular complexity index is 456. The van der Waals surface area contributed by atoms with Gasteiger partial charge in [-0.3, -0.25) is 9.67 Å². The summed E-state index contributed by atoms with van der Waals surface area (Å²) in [6.07, 6.45) is 4.60. The molecular formula is C13H18N4. The van der Waals surface area contributed by atoms with Crippen LogP contribution < -0.4 is 5.32 Å². The highest BCUT2D eigenvalue weighted by Crippen LogP contribution is 2.17. The van der Waals surface area contributed by atoms with Gasteiger partial charge in [-0.25, -0.2) is 0 Å². The van der Waals surface area contributed by atoms with E-state index in [1.54, 1.807) is 6.20 Å². The summed E-state index contributed by atoms with van der Waals surface area (Å²) in [5.41, 5.74) is 3.47. The van der Waals surface area contributed by atoms with Gasteiger partial charge in [0.1, 0.15) is 0 Å². The van der Waals surface area contributed by atoms with Gasteiger partial charge in [-0.15, -0.1) is 0 Å². The molecule has 0 saturated carbocycles. The highest BCUT2D eigenvalue weighted by Gasteiger charge is 2.14. The number of pyridine rings is 1. The minimum Gasteiger partial charge on any atom is -0.311 e. The Labute approximate surface area is 102 Å². The first-order valence-corrected chi connectivity index (χ1v) is 5.77. The monoisotopic (exact) mass is 230 g/mol. The number of likely N-dealkylation sites (N-methyl/N-ethyl adjacent to an activating group) is 1. The van der Waals surface area contributed by atoms with Crippen LogP contribution in [-0.4, -0.2) is 21.8 Å². The molecule has 0 saturated heterocycles. The lowest BCUT2D eigenvalue weighted by Crippen LogP contribution is -2.19. The molecule has 90 valence electrons. The molecule has 2 rings (SSSR count). The molecule has 0 radical (unpaired) electrons. The predicted octanol–water partition coefficient (Wildman–Crippen LogP) is 1.63. The third kappa shape index (κ3) is 2.71. The van der Waals surface area contributed by atoms with E-state index in [2.05, 4.69) is 34.5 Å². The summed E-state index contributed by atoms with van der Waals surface area (Å²) < 4.78 is 1.91. The normalized spacial score (nSPS) is 12.6. The lowest BCUT2D eigenvalue weighted by molar-refractivity contribution is 0.561. The van der Waals surface area contributed by atoms with Crippen molar-refractivity contribution in [3.05, 3.63) is 47.5 Å². The Morgan fingerprint density at radius 2 is 2.29 bits per heavy atom. The van der Waals surface area contributed by atoms with E-state index in [1.165, 1.54) is 11.3 Å². The zero-order chi connectivity index (χ0) is 12.3. The van der Waals surface area contributed by atoms with E-state index in [-0.39, 0.29) is 6.04 Å². The smallest absolute Gasteiger partial charge is 0.0799 e. The van der Waals surface area contributed by atoms with E-state index in [1.807, 2.05) is 31.0 Å². The molecule has 1 atom stereocenters. The summed E-state index contributed by atoms with van der Waals surface area (Å²) in [6, 6.07) is 6.41. The first-order valence-electron chi connectivity index (χ1n) is 5.77. The molecule has 4 nitrogen and oxygen atoms in total. The fourth-order valence-corrected chi connectivity index (χ4v) is 1.87. The van der Waals surface area contributed by atoms with Gasteiger partial charge < -0.3 is 5.32 Å². The van der Waals surface area contributed by atoms with Crippen LogP contribution in [-0.2, 0) is 13.5 Å². The fraction of sp³-hybridized carbons (Fsp3) is 0.385. The number of aromatic nitrogens is 3. The molecule has 0 spiro atoms. The number of rotatable bonds is 4. The summed E-state index contributed by atoms with van der Waals surface area (Å²) >= 11 is 0. The van der Waals surface area contributed by atoms with E-state index in [9.17, 15) is 0 Å². The number of hydrogen-bond donors (Lipinski definition) is 1. The molecular weight excluding hydrogens is 212 g/mol. The first kappa shape index (κ1) is 11.8. The van der Waals surface area contributed by atoms with Gasteiger partial charge in [-0.05, 0) is 38.1 Å². The van der Waals surface area contributed by atoms with Crippen molar-refractivity contribution in [3.8, 4) is 0 Å². The minimum atomic E-state index is 0.235. The third-order valence-corrected chi connectivity index (χ3v) is 3.00. The molecule has 0 bridgehead atoms. The first-order chi connectivity index (χ1) is 8.20. The van der Waals surface area contributed by atoms with Crippen LogP contribution in [0.1, 0.15) is 23.0 Å². The van der Waals surface area contributed by atoms with E-state index in [4.69, 9.17) is 0 Å². The molecule has 2 aromatic rings. The molecule has 2 heterocycles. The highest BCUT2D eigenvalue weighted by molar-refractivity contribution is 5.17. The van der Waals surface area contributed by atoms with Crippen molar-refractivity contribution in [2.45, 2.75) is 19.4 Å². The van der Waals surface area contributed by atoms with Crippen molar-refractivity contribution in [2.24, 2.45) is 7.05 Å². The quantitative estimate of drug-likeness (QED) is 0.868. The Morgan fingerprint density at radius 1 is 1.47 bits per heavy atom. The van der Waals surface area contributed by atoms with E-state index in [0.29, 0.717) is 0 Å². The zero-order valence-corrected chi connectivity index (χ0v) is 10.5. The van der Waals surface area contributed by atoms with Gasteiger partial charge in [0.2, 0.25) is 0 Å². The standard InChI is InChI=1S/C13H18N4/c1-10-7-13(16-17(10)3)12(14-2)8-11-5-4-6-15-9-11/h4-7,9,12,14H,8H2,1-3H3. The number of nitrogens with one attached hydrogen (secondary N) is 1. The molecule has 0 aliphatic heterocycles. The van der Waals surface area contributed by atoms with Gasteiger partial charge >= 0.3 is 0 Å². The van der Waals surface area contributed by atoms with E-state index < -0.39 is 0 Å². The maximum absolute atomic E-state index is 4.51. The Hall–Kier alpha value is -1.68. The van der Waals surface area contributed by atoms with Crippen LogP contribution >= 0.6 is 0 Å². The zero-order valence-electron chi connectivity index (χ0n) is 10.5. The molecule has 1 N–H and O–H groups in total. The molecule has 0 aliphatic rings. The SMILES string of the molecule is CNC(Cc1cccnc1)c1cc(C)n(C)n1. The Kier molecular flexibility index (Phi) is 3.54. The van der Waals surface area contributed by atoms with Crippen LogP contribution in [0, 0.1) is 6.92 Å². The number of aryl methyl sites for hydroxylation is 2. The van der Waals surface area contributed by atoms with Gasteiger partial charge in [-0.1, -0.05) is 6.07 Å². The molecule has 1 unspecified atom stereocenters. The second-order valence-electron chi connectivity index (χ2n) is 4.24. The molecule has 0 amide bonds.